The Kier molecular flexibility index (Phi) is 8.36. The number of ether oxygens (including phenoxy) is 1. The maximum atomic E-state index is 15.4. The van der Waals surface area contributed by atoms with Crippen molar-refractivity contribution in [2.24, 2.45) is 23.7 Å². The Morgan fingerprint density at radius 3 is 2.21 bits per heavy atom. The number of hydrogen-bond acceptors (Lipinski definition) is 7. The van der Waals surface area contributed by atoms with Crippen LogP contribution in [-0.2, 0) is 24.6 Å². The number of allylic oxidation sites excluding steroid dienone is 2. The lowest BCUT2D eigenvalue weighted by molar-refractivity contribution is -0.138. The second kappa shape index (κ2) is 12.7. The number of aryl methyl sites for hydroxylation is 1. The summed E-state index contributed by atoms with van der Waals surface area (Å²) in [5.74, 6) is -4.74. The van der Waals surface area contributed by atoms with E-state index in [9.17, 15) is 19.5 Å². The van der Waals surface area contributed by atoms with E-state index in [2.05, 4.69) is 5.43 Å². The summed E-state index contributed by atoms with van der Waals surface area (Å²) in [4.78, 5) is 59.9. The molecule has 4 aromatic carbocycles. The SMILES string of the molecule is COc1ccc(C23C(=O)N(Nc4ccc(Cl)cc4Cl)C(=O)C2CC2C(=CCC4C(=O)N(c5ccc(Cl)cc5)C(=O)C42)C3c2ccc(O)c(C)c2)cc1. The number of imide groups is 2. The lowest BCUT2D eigenvalue weighted by Gasteiger charge is -2.50. The van der Waals surface area contributed by atoms with E-state index in [1.54, 1.807) is 86.8 Å². The molecule has 12 heteroatoms. The highest BCUT2D eigenvalue weighted by Gasteiger charge is 2.70. The largest absolute Gasteiger partial charge is 0.508 e. The summed E-state index contributed by atoms with van der Waals surface area (Å²) >= 11 is 18.8. The number of rotatable bonds is 6. The van der Waals surface area contributed by atoms with E-state index in [0.29, 0.717) is 43.9 Å². The van der Waals surface area contributed by atoms with Crippen molar-refractivity contribution in [1.29, 1.82) is 0 Å². The Balaban J connectivity index is 1.33. The molecule has 9 nitrogen and oxygen atoms in total. The summed E-state index contributed by atoms with van der Waals surface area (Å²) in [6.45, 7) is 1.77. The Bertz CT molecular complexity index is 2210. The first-order valence-electron chi connectivity index (χ1n) is 16.8. The van der Waals surface area contributed by atoms with Gasteiger partial charge in [0.05, 0.1) is 46.7 Å². The van der Waals surface area contributed by atoms with E-state index < -0.39 is 46.8 Å². The number of halogens is 3. The van der Waals surface area contributed by atoms with E-state index in [1.807, 2.05) is 12.1 Å². The van der Waals surface area contributed by atoms with E-state index in [4.69, 9.17) is 39.5 Å². The van der Waals surface area contributed by atoms with Gasteiger partial charge in [0, 0.05) is 16.0 Å². The van der Waals surface area contributed by atoms with Crippen LogP contribution in [0.15, 0.2) is 96.6 Å². The molecular formula is C40H32Cl3N3O6. The quantitative estimate of drug-likeness (QED) is 0.152. The molecule has 2 aliphatic heterocycles. The van der Waals surface area contributed by atoms with Crippen LogP contribution in [0.4, 0.5) is 11.4 Å². The minimum atomic E-state index is -1.50. The number of phenols is 1. The molecular weight excluding hydrogens is 725 g/mol. The predicted octanol–water partition coefficient (Wildman–Crippen LogP) is 7.86. The molecule has 264 valence electrons. The number of amides is 4. The molecule has 3 fully saturated rings. The molecule has 0 bridgehead atoms. The summed E-state index contributed by atoms with van der Waals surface area (Å²) in [5.41, 5.74) is 4.86. The van der Waals surface area contributed by atoms with Gasteiger partial charge in [-0.05, 0) is 103 Å². The number of aromatic hydroxyl groups is 1. The molecule has 52 heavy (non-hydrogen) atoms. The number of carbonyl (C=O) groups excluding carboxylic acids is 4. The van der Waals surface area contributed by atoms with Crippen molar-refractivity contribution >= 4 is 69.8 Å². The molecule has 0 aromatic heterocycles. The summed E-state index contributed by atoms with van der Waals surface area (Å²) < 4.78 is 5.46. The summed E-state index contributed by atoms with van der Waals surface area (Å²) in [7, 11) is 1.55. The zero-order valence-electron chi connectivity index (χ0n) is 28.0. The number of hydrazine groups is 1. The van der Waals surface area contributed by atoms with Gasteiger partial charge < -0.3 is 9.84 Å². The first kappa shape index (κ1) is 34.3. The first-order valence-corrected chi connectivity index (χ1v) is 18.0. The smallest absolute Gasteiger partial charge is 0.260 e. The molecule has 0 radical (unpaired) electrons. The summed E-state index contributed by atoms with van der Waals surface area (Å²) in [6.07, 6.45) is 2.38. The molecule has 4 aliphatic rings. The van der Waals surface area contributed by atoms with Crippen molar-refractivity contribution in [3.8, 4) is 11.5 Å². The van der Waals surface area contributed by atoms with Gasteiger partial charge in [-0.15, -0.1) is 0 Å². The Labute approximate surface area is 314 Å². The maximum Gasteiger partial charge on any atom is 0.260 e. The fraction of sp³-hybridized carbons (Fsp3) is 0.250. The minimum absolute atomic E-state index is 0.0773. The van der Waals surface area contributed by atoms with Crippen molar-refractivity contribution in [1.82, 2.24) is 5.01 Å². The number of benzene rings is 4. The fourth-order valence-electron chi connectivity index (χ4n) is 8.92. The highest BCUT2D eigenvalue weighted by Crippen LogP contribution is 2.64. The molecule has 8 rings (SSSR count). The monoisotopic (exact) mass is 755 g/mol. The van der Waals surface area contributed by atoms with Crippen LogP contribution >= 0.6 is 34.8 Å². The molecule has 2 aliphatic carbocycles. The number of anilines is 2. The maximum absolute atomic E-state index is 15.4. The highest BCUT2D eigenvalue weighted by molar-refractivity contribution is 6.36. The molecule has 2 saturated heterocycles. The van der Waals surface area contributed by atoms with Gasteiger partial charge in [-0.25, -0.2) is 0 Å². The van der Waals surface area contributed by atoms with Crippen LogP contribution in [0.25, 0.3) is 0 Å². The van der Waals surface area contributed by atoms with Crippen LogP contribution in [0.1, 0.15) is 35.4 Å². The lowest BCUT2D eigenvalue weighted by atomic mass is 9.49. The standard InChI is InChI=1S/C40H32Cl3N3O6/c1-20-17-21(3-16-33(20)47)35-27-13-14-28-34(38(50)45(36(28)48)25-9-6-23(41)7-10-25)29(27)19-30-37(49)46(44-32-15-8-24(42)18-31(32)43)39(51)40(30,35)22-4-11-26(52-2)12-5-22/h3-13,15-18,28-30,34-35,44,47H,14,19H2,1-2H3. The molecule has 6 unspecified atom stereocenters. The number of nitrogens with zero attached hydrogens (tertiary/aromatic N) is 2. The zero-order valence-corrected chi connectivity index (χ0v) is 30.2. The minimum Gasteiger partial charge on any atom is -0.508 e. The van der Waals surface area contributed by atoms with Gasteiger partial charge >= 0.3 is 0 Å². The van der Waals surface area contributed by atoms with Gasteiger partial charge in [0.15, 0.2) is 0 Å². The molecule has 1 saturated carbocycles. The van der Waals surface area contributed by atoms with Gasteiger partial charge in [-0.1, -0.05) is 70.7 Å². The second-order valence-corrected chi connectivity index (χ2v) is 15.0. The van der Waals surface area contributed by atoms with Crippen molar-refractivity contribution in [3.05, 3.63) is 128 Å². The molecule has 4 amide bonds. The Morgan fingerprint density at radius 2 is 1.54 bits per heavy atom. The number of phenolic OH excluding ortho intramolecular Hbond substituents is 1. The third kappa shape index (κ3) is 5.04. The van der Waals surface area contributed by atoms with Crippen molar-refractivity contribution < 1.29 is 29.0 Å². The molecule has 6 atom stereocenters. The van der Waals surface area contributed by atoms with Gasteiger partial charge in [0.2, 0.25) is 11.8 Å². The number of carbonyl (C=O) groups is 4. The molecule has 2 N–H and O–H groups in total. The second-order valence-electron chi connectivity index (χ2n) is 13.7. The normalized spacial score (nSPS) is 26.6. The number of nitrogens with one attached hydrogen (secondary N) is 1. The van der Waals surface area contributed by atoms with Gasteiger partial charge in [-0.2, -0.15) is 5.01 Å². The zero-order chi connectivity index (χ0) is 36.6. The van der Waals surface area contributed by atoms with Crippen LogP contribution in [0.5, 0.6) is 11.5 Å². The third-order valence-electron chi connectivity index (χ3n) is 11.2. The number of hydrogen-bond donors (Lipinski definition) is 2. The van der Waals surface area contributed by atoms with Crippen molar-refractivity contribution in [3.63, 3.8) is 0 Å². The summed E-state index contributed by atoms with van der Waals surface area (Å²) in [6, 6.07) is 23.5. The first-order chi connectivity index (χ1) is 24.9. The molecule has 2 heterocycles. The molecule has 0 spiro atoms. The average Bonchev–Trinajstić information content (AvgIpc) is 3.51. The van der Waals surface area contributed by atoms with E-state index >= 15 is 4.79 Å². The van der Waals surface area contributed by atoms with E-state index in [1.165, 1.54) is 11.0 Å². The highest BCUT2D eigenvalue weighted by atomic mass is 35.5. The van der Waals surface area contributed by atoms with Gasteiger partial charge in [0.1, 0.15) is 11.5 Å². The Hall–Kier alpha value is -4.83. The Morgan fingerprint density at radius 1 is 0.827 bits per heavy atom. The predicted molar refractivity (Wildman–Crippen MR) is 197 cm³/mol. The van der Waals surface area contributed by atoms with Crippen molar-refractivity contribution in [2.75, 3.05) is 17.4 Å². The number of methoxy groups -OCH3 is 1. The van der Waals surface area contributed by atoms with Crippen LogP contribution in [0.3, 0.4) is 0 Å². The fourth-order valence-corrected chi connectivity index (χ4v) is 9.50. The van der Waals surface area contributed by atoms with Crippen LogP contribution in [-0.4, -0.2) is 40.9 Å². The van der Waals surface area contributed by atoms with Crippen molar-refractivity contribution in [2.45, 2.75) is 31.1 Å². The van der Waals surface area contributed by atoms with Crippen LogP contribution in [0.2, 0.25) is 15.1 Å². The third-order valence-corrected chi connectivity index (χ3v) is 12.0. The average molecular weight is 757 g/mol. The molecule has 4 aromatic rings. The van der Waals surface area contributed by atoms with Gasteiger partial charge in [-0.3, -0.25) is 29.5 Å². The lowest BCUT2D eigenvalue weighted by Crippen LogP contribution is -2.53. The van der Waals surface area contributed by atoms with E-state index in [0.717, 1.165) is 10.6 Å². The van der Waals surface area contributed by atoms with Crippen LogP contribution < -0.4 is 15.1 Å². The van der Waals surface area contributed by atoms with E-state index in [-0.39, 0.29) is 35.4 Å². The van der Waals surface area contributed by atoms with Gasteiger partial charge in [0.25, 0.3) is 11.8 Å². The summed E-state index contributed by atoms with van der Waals surface area (Å²) in [5, 5.41) is 12.7. The number of fused-ring (bicyclic) bond motifs is 4. The topological polar surface area (TPSA) is 116 Å². The van der Waals surface area contributed by atoms with Crippen LogP contribution in [0, 0.1) is 30.6 Å².